The van der Waals surface area contributed by atoms with Gasteiger partial charge in [0.05, 0.1) is 35.0 Å². The van der Waals surface area contributed by atoms with Crippen LogP contribution in [0.2, 0.25) is 0 Å². The van der Waals surface area contributed by atoms with Crippen molar-refractivity contribution < 1.29 is 22.4 Å². The van der Waals surface area contributed by atoms with Crippen LogP contribution in [0, 0.1) is 11.7 Å². The third kappa shape index (κ3) is 6.68. The largest absolute Gasteiger partial charge is 0.419 e. The molecule has 5 rings (SSSR count). The van der Waals surface area contributed by atoms with E-state index in [1.807, 2.05) is 7.05 Å². The normalized spacial score (nSPS) is 15.6. The Kier molecular flexibility index (Phi) is 8.85. The molecular formula is C28H26F4N6OS2. The minimum absolute atomic E-state index is 0.0210. The van der Waals surface area contributed by atoms with Crippen LogP contribution in [0.25, 0.3) is 11.3 Å². The summed E-state index contributed by atoms with van der Waals surface area (Å²) < 4.78 is 59.1. The van der Waals surface area contributed by atoms with Crippen LogP contribution in [0.1, 0.15) is 28.2 Å². The Labute approximate surface area is 242 Å². The molecule has 41 heavy (non-hydrogen) atoms. The first-order chi connectivity index (χ1) is 19.7. The highest BCUT2D eigenvalue weighted by Crippen LogP contribution is 2.49. The Morgan fingerprint density at radius 1 is 1.15 bits per heavy atom. The minimum atomic E-state index is -4.78. The fraction of sp³-hybridized carbons (Fsp3) is 0.286. The number of piperidine rings is 1. The van der Waals surface area contributed by atoms with Crippen molar-refractivity contribution in [2.24, 2.45) is 5.92 Å². The summed E-state index contributed by atoms with van der Waals surface area (Å²) in [6, 6.07) is 10.1. The summed E-state index contributed by atoms with van der Waals surface area (Å²) in [6.07, 6.45) is -0.204. The summed E-state index contributed by atoms with van der Waals surface area (Å²) in [5.41, 5.74) is 0.162. The van der Waals surface area contributed by atoms with Gasteiger partial charge in [-0.25, -0.2) is 9.37 Å². The van der Waals surface area contributed by atoms with Gasteiger partial charge >= 0.3 is 6.18 Å². The van der Waals surface area contributed by atoms with Crippen LogP contribution in [0.4, 0.5) is 28.9 Å². The van der Waals surface area contributed by atoms with Gasteiger partial charge in [-0.1, -0.05) is 23.9 Å². The fourth-order valence-corrected chi connectivity index (χ4v) is 6.58. The number of benzene rings is 2. The average Bonchev–Trinajstić information content (AvgIpc) is 3.46. The second-order valence-electron chi connectivity index (χ2n) is 9.50. The van der Waals surface area contributed by atoms with E-state index in [0.29, 0.717) is 49.1 Å². The molecule has 0 spiro atoms. The molecule has 1 aliphatic heterocycles. The van der Waals surface area contributed by atoms with Gasteiger partial charge in [0.15, 0.2) is 5.01 Å². The van der Waals surface area contributed by atoms with Gasteiger partial charge in [-0.05, 0) is 62.7 Å². The van der Waals surface area contributed by atoms with Crippen LogP contribution >= 0.6 is 23.1 Å². The van der Waals surface area contributed by atoms with Crippen molar-refractivity contribution in [1.82, 2.24) is 20.5 Å². The van der Waals surface area contributed by atoms with Crippen LogP contribution in [0.5, 0.6) is 0 Å². The predicted octanol–water partition coefficient (Wildman–Crippen LogP) is 6.60. The summed E-state index contributed by atoms with van der Waals surface area (Å²) in [6.45, 7) is 1.41. The van der Waals surface area contributed by atoms with Crippen molar-refractivity contribution >= 4 is 40.4 Å². The Bertz CT molecular complexity index is 1510. The fourth-order valence-electron chi connectivity index (χ4n) is 4.86. The molecule has 2 aromatic carbocycles. The number of amides is 1. The monoisotopic (exact) mass is 602 g/mol. The SMILES string of the molecule is CNC[C@@H]1CCCN(c2c(NC(=O)c3nc(-c4ccnnc4)cs3)ccc(Sc3ccccc3F)c2C(F)(F)F)C1. The highest BCUT2D eigenvalue weighted by molar-refractivity contribution is 7.99. The van der Waals surface area contributed by atoms with E-state index in [0.717, 1.165) is 17.8 Å². The first-order valence-electron chi connectivity index (χ1n) is 12.8. The lowest BCUT2D eigenvalue weighted by molar-refractivity contribution is -0.139. The Morgan fingerprint density at radius 2 is 1.98 bits per heavy atom. The van der Waals surface area contributed by atoms with Gasteiger partial charge in [0.1, 0.15) is 5.82 Å². The molecular weight excluding hydrogens is 576 g/mol. The van der Waals surface area contributed by atoms with Crippen molar-refractivity contribution in [1.29, 1.82) is 0 Å². The topological polar surface area (TPSA) is 83.0 Å². The van der Waals surface area contributed by atoms with Gasteiger partial charge in [-0.3, -0.25) is 4.79 Å². The molecule has 0 saturated carbocycles. The second-order valence-corrected chi connectivity index (χ2v) is 11.4. The van der Waals surface area contributed by atoms with Crippen LogP contribution in [0.3, 0.4) is 0 Å². The van der Waals surface area contributed by atoms with Crippen LogP contribution in [-0.4, -0.2) is 47.8 Å². The molecule has 0 aliphatic carbocycles. The maximum absolute atomic E-state index is 14.9. The van der Waals surface area contributed by atoms with Gasteiger partial charge in [0.2, 0.25) is 0 Å². The summed E-state index contributed by atoms with van der Waals surface area (Å²) in [5.74, 6) is -1.12. The molecule has 1 saturated heterocycles. The van der Waals surface area contributed by atoms with Crippen LogP contribution in [-0.2, 0) is 6.18 Å². The third-order valence-corrected chi connectivity index (χ3v) is 8.59. The number of thiazole rings is 1. The maximum atomic E-state index is 14.9. The van der Waals surface area contributed by atoms with E-state index >= 15 is 0 Å². The Hall–Kier alpha value is -3.55. The molecule has 0 unspecified atom stereocenters. The summed E-state index contributed by atoms with van der Waals surface area (Å²) in [4.78, 5) is 19.3. The van der Waals surface area contributed by atoms with E-state index in [4.69, 9.17) is 0 Å². The Balaban J connectivity index is 1.56. The van der Waals surface area contributed by atoms with Gasteiger partial charge in [-0.15, -0.1) is 11.3 Å². The molecule has 1 fully saturated rings. The lowest BCUT2D eigenvalue weighted by atomic mass is 9.96. The number of hydrogen-bond acceptors (Lipinski definition) is 8. The molecule has 4 aromatic rings. The van der Waals surface area contributed by atoms with Crippen molar-refractivity contribution in [3.05, 3.63) is 76.6 Å². The highest BCUT2D eigenvalue weighted by Gasteiger charge is 2.40. The number of nitrogens with one attached hydrogen (secondary N) is 2. The summed E-state index contributed by atoms with van der Waals surface area (Å²) >= 11 is 1.79. The van der Waals surface area contributed by atoms with Crippen LogP contribution in [0.15, 0.2) is 70.0 Å². The number of hydrogen-bond donors (Lipinski definition) is 2. The summed E-state index contributed by atoms with van der Waals surface area (Å²) in [5, 5.41) is 15.1. The number of halogens is 4. The van der Waals surface area contributed by atoms with Crippen molar-refractivity contribution in [2.45, 2.75) is 28.8 Å². The van der Waals surface area contributed by atoms with Crippen molar-refractivity contribution in [3.63, 3.8) is 0 Å². The minimum Gasteiger partial charge on any atom is -0.369 e. The third-order valence-electron chi connectivity index (χ3n) is 6.63. The predicted molar refractivity (Wildman–Crippen MR) is 152 cm³/mol. The van der Waals surface area contributed by atoms with Crippen molar-refractivity contribution in [3.8, 4) is 11.3 Å². The smallest absolute Gasteiger partial charge is 0.369 e. The number of aromatic nitrogens is 3. The van der Waals surface area contributed by atoms with E-state index in [-0.39, 0.29) is 32.1 Å². The molecule has 7 nitrogen and oxygen atoms in total. The first kappa shape index (κ1) is 29.0. The van der Waals surface area contributed by atoms with Crippen molar-refractivity contribution in [2.75, 3.05) is 36.9 Å². The van der Waals surface area contributed by atoms with Crippen LogP contribution < -0.4 is 15.5 Å². The number of carbonyl (C=O) groups excluding carboxylic acids is 1. The van der Waals surface area contributed by atoms with E-state index in [2.05, 4.69) is 25.8 Å². The highest BCUT2D eigenvalue weighted by atomic mass is 32.2. The molecule has 2 aromatic heterocycles. The van der Waals surface area contributed by atoms with E-state index in [1.165, 1.54) is 42.7 Å². The molecule has 1 atom stereocenters. The van der Waals surface area contributed by atoms with E-state index in [9.17, 15) is 22.4 Å². The van der Waals surface area contributed by atoms with E-state index < -0.39 is 23.5 Å². The molecule has 0 bridgehead atoms. The lowest BCUT2D eigenvalue weighted by Crippen LogP contribution is -2.40. The average molecular weight is 603 g/mol. The number of alkyl halides is 3. The van der Waals surface area contributed by atoms with Gasteiger partial charge in [-0.2, -0.15) is 23.4 Å². The molecule has 214 valence electrons. The zero-order valence-electron chi connectivity index (χ0n) is 21.9. The van der Waals surface area contributed by atoms with E-state index in [1.54, 1.807) is 22.4 Å². The maximum Gasteiger partial charge on any atom is 0.419 e. The first-order valence-corrected chi connectivity index (χ1v) is 14.5. The molecule has 1 amide bonds. The molecule has 0 radical (unpaired) electrons. The molecule has 3 heterocycles. The lowest BCUT2D eigenvalue weighted by Gasteiger charge is -2.37. The number of carbonyl (C=O) groups is 1. The number of nitrogens with zero attached hydrogens (tertiary/aromatic N) is 4. The number of rotatable bonds is 8. The van der Waals surface area contributed by atoms with Gasteiger partial charge < -0.3 is 15.5 Å². The molecule has 2 N–H and O–H groups in total. The molecule has 1 aliphatic rings. The quantitative estimate of drug-likeness (QED) is 0.220. The van der Waals surface area contributed by atoms with Gasteiger partial charge in [0, 0.05) is 33.8 Å². The van der Waals surface area contributed by atoms with Gasteiger partial charge in [0.25, 0.3) is 5.91 Å². The molecule has 13 heteroatoms. The zero-order valence-corrected chi connectivity index (χ0v) is 23.5. The standard InChI is InChI=1S/C28H26F4N6OS2/c1-33-13-17-5-4-12-38(15-17)25-20(36-26(39)27-37-21(16-40-27)18-10-11-34-35-14-18)8-9-23(24(25)28(30,31)32)41-22-7-3-2-6-19(22)29/h2-3,6-11,14,16-17,33H,4-5,12-13,15H2,1H3,(H,36,39)/t17-/m0/s1. The second kappa shape index (κ2) is 12.5. The Morgan fingerprint density at radius 3 is 2.71 bits per heavy atom. The summed E-state index contributed by atoms with van der Waals surface area (Å²) in [7, 11) is 1.81. The number of anilines is 2. The zero-order chi connectivity index (χ0) is 29.0.